The number of anilines is 2. The number of aryl methyl sites for hydroxylation is 2. The third kappa shape index (κ3) is 4.57. The van der Waals surface area contributed by atoms with Crippen LogP contribution in [0, 0.1) is 11.3 Å². The van der Waals surface area contributed by atoms with Crippen LogP contribution in [0.2, 0.25) is 0 Å². The SMILES string of the molecule is CCc1cc(C(C#N)N2CCN(S(C)(=O)=O)CC2)ccc1N(C)c1cc2c(cn1)ncn2C. The van der Waals surface area contributed by atoms with E-state index in [1.165, 1.54) is 10.6 Å². The zero-order valence-corrected chi connectivity index (χ0v) is 20.2. The van der Waals surface area contributed by atoms with Crippen LogP contribution in [0.25, 0.3) is 11.0 Å². The van der Waals surface area contributed by atoms with Crippen LogP contribution in [0.4, 0.5) is 11.5 Å². The van der Waals surface area contributed by atoms with Crippen molar-refractivity contribution in [1.82, 2.24) is 23.7 Å². The summed E-state index contributed by atoms with van der Waals surface area (Å²) in [5.41, 5.74) is 4.95. The molecule has 10 heteroatoms. The predicted molar refractivity (Wildman–Crippen MR) is 129 cm³/mol. The van der Waals surface area contributed by atoms with Gasteiger partial charge in [0.05, 0.1) is 30.4 Å². The van der Waals surface area contributed by atoms with Crippen LogP contribution in [0.5, 0.6) is 0 Å². The first-order chi connectivity index (χ1) is 15.7. The van der Waals surface area contributed by atoms with E-state index in [-0.39, 0.29) is 0 Å². The molecule has 9 nitrogen and oxygen atoms in total. The van der Waals surface area contributed by atoms with Gasteiger partial charge in [0.1, 0.15) is 17.4 Å². The van der Waals surface area contributed by atoms with E-state index in [0.29, 0.717) is 26.2 Å². The molecule has 1 saturated heterocycles. The number of benzene rings is 1. The Morgan fingerprint density at radius 1 is 1.18 bits per heavy atom. The van der Waals surface area contributed by atoms with Crippen molar-refractivity contribution in [2.75, 3.05) is 44.4 Å². The normalized spacial score (nSPS) is 16.6. The van der Waals surface area contributed by atoms with Crippen LogP contribution in [0.1, 0.15) is 24.1 Å². The zero-order chi connectivity index (χ0) is 23.8. The number of piperazine rings is 1. The Morgan fingerprint density at radius 3 is 2.55 bits per heavy atom. The molecule has 3 heterocycles. The minimum absolute atomic E-state index is 0.403. The Morgan fingerprint density at radius 2 is 1.91 bits per heavy atom. The number of hydrogen-bond donors (Lipinski definition) is 0. The van der Waals surface area contributed by atoms with Gasteiger partial charge in [-0.3, -0.25) is 4.90 Å². The third-order valence-corrected chi connectivity index (χ3v) is 7.64. The molecule has 0 aliphatic carbocycles. The molecule has 0 spiro atoms. The molecule has 0 radical (unpaired) electrons. The average Bonchev–Trinajstić information content (AvgIpc) is 3.19. The van der Waals surface area contributed by atoms with Crippen molar-refractivity contribution in [3.63, 3.8) is 0 Å². The van der Waals surface area contributed by atoms with E-state index in [1.807, 2.05) is 36.9 Å². The zero-order valence-electron chi connectivity index (χ0n) is 19.4. The molecule has 33 heavy (non-hydrogen) atoms. The summed E-state index contributed by atoms with van der Waals surface area (Å²) in [6, 6.07) is 10.1. The van der Waals surface area contributed by atoms with Gasteiger partial charge < -0.3 is 9.47 Å². The molecule has 0 N–H and O–H groups in total. The summed E-state index contributed by atoms with van der Waals surface area (Å²) in [4.78, 5) is 13.0. The van der Waals surface area contributed by atoms with Gasteiger partial charge in [-0.15, -0.1) is 0 Å². The van der Waals surface area contributed by atoms with Crippen molar-refractivity contribution in [1.29, 1.82) is 5.26 Å². The highest BCUT2D eigenvalue weighted by Gasteiger charge is 2.29. The summed E-state index contributed by atoms with van der Waals surface area (Å²) in [7, 11) is 0.748. The van der Waals surface area contributed by atoms with Crippen LogP contribution in [-0.4, -0.2) is 71.6 Å². The highest BCUT2D eigenvalue weighted by Crippen LogP contribution is 2.32. The Balaban J connectivity index is 1.59. The topological polar surface area (TPSA) is 98.4 Å². The molecule has 1 aliphatic rings. The van der Waals surface area contributed by atoms with E-state index in [0.717, 1.165) is 40.1 Å². The smallest absolute Gasteiger partial charge is 0.211 e. The minimum atomic E-state index is -3.20. The van der Waals surface area contributed by atoms with Crippen LogP contribution < -0.4 is 4.90 Å². The van der Waals surface area contributed by atoms with Gasteiger partial charge in [0.25, 0.3) is 0 Å². The van der Waals surface area contributed by atoms with E-state index >= 15 is 0 Å². The molecule has 174 valence electrons. The first-order valence-corrected chi connectivity index (χ1v) is 12.8. The van der Waals surface area contributed by atoms with Gasteiger partial charge in [-0.25, -0.2) is 18.4 Å². The standard InChI is InChI=1S/C23H29N7O2S/c1-5-17-12-18(22(14-24)29-8-10-30(11-9-29)33(4,31)32)6-7-20(17)28(3)23-13-21-19(15-25-23)26-16-27(21)2/h6-7,12-13,15-16,22H,5,8-11H2,1-4H3. The number of rotatable bonds is 6. The Kier molecular flexibility index (Phi) is 6.38. The number of fused-ring (bicyclic) bond motifs is 1. The molecular formula is C23H29N7O2S. The molecule has 0 saturated carbocycles. The maximum Gasteiger partial charge on any atom is 0.211 e. The van der Waals surface area contributed by atoms with Crippen LogP contribution in [-0.2, 0) is 23.5 Å². The summed E-state index contributed by atoms with van der Waals surface area (Å²) in [5, 5.41) is 9.93. The Bertz CT molecular complexity index is 1300. The summed E-state index contributed by atoms with van der Waals surface area (Å²) >= 11 is 0. The number of pyridine rings is 1. The van der Waals surface area contributed by atoms with Gasteiger partial charge in [0.15, 0.2) is 0 Å². The number of nitrogens with zero attached hydrogens (tertiary/aromatic N) is 7. The Labute approximate surface area is 194 Å². The van der Waals surface area contributed by atoms with E-state index in [9.17, 15) is 13.7 Å². The highest BCUT2D eigenvalue weighted by atomic mass is 32.2. The fourth-order valence-electron chi connectivity index (χ4n) is 4.37. The maximum atomic E-state index is 11.8. The molecular weight excluding hydrogens is 438 g/mol. The second-order valence-corrected chi connectivity index (χ2v) is 10.4. The summed E-state index contributed by atoms with van der Waals surface area (Å²) < 4.78 is 27.1. The third-order valence-electron chi connectivity index (χ3n) is 6.33. The predicted octanol–water partition coefficient (Wildman–Crippen LogP) is 2.44. The number of nitriles is 1. The van der Waals surface area contributed by atoms with Crippen LogP contribution in [0.15, 0.2) is 36.8 Å². The summed E-state index contributed by atoms with van der Waals surface area (Å²) in [6.07, 6.45) is 5.60. The maximum absolute atomic E-state index is 11.8. The van der Waals surface area contributed by atoms with Crippen LogP contribution in [0.3, 0.4) is 0 Å². The van der Waals surface area contributed by atoms with Crippen molar-refractivity contribution in [2.45, 2.75) is 19.4 Å². The Hall–Kier alpha value is -3.00. The van der Waals surface area contributed by atoms with Gasteiger partial charge in [0.2, 0.25) is 10.0 Å². The lowest BCUT2D eigenvalue weighted by Gasteiger charge is -2.36. The first kappa shape index (κ1) is 23.2. The van der Waals surface area contributed by atoms with E-state index < -0.39 is 16.1 Å². The van der Waals surface area contributed by atoms with Gasteiger partial charge >= 0.3 is 0 Å². The lowest BCUT2D eigenvalue weighted by molar-refractivity contribution is 0.163. The van der Waals surface area contributed by atoms with Crippen molar-refractivity contribution in [3.05, 3.63) is 47.9 Å². The number of aromatic nitrogens is 3. The molecule has 2 aromatic heterocycles. The lowest BCUT2D eigenvalue weighted by atomic mass is 9.99. The van der Waals surface area contributed by atoms with Crippen molar-refractivity contribution in [2.24, 2.45) is 7.05 Å². The molecule has 0 amide bonds. The van der Waals surface area contributed by atoms with Gasteiger partial charge in [-0.05, 0) is 23.6 Å². The van der Waals surface area contributed by atoms with E-state index in [2.05, 4.69) is 38.8 Å². The summed E-state index contributed by atoms with van der Waals surface area (Å²) in [6.45, 7) is 3.97. The average molecular weight is 468 g/mol. The second-order valence-electron chi connectivity index (χ2n) is 8.42. The van der Waals surface area contributed by atoms with Crippen molar-refractivity contribution in [3.8, 4) is 6.07 Å². The second kappa shape index (κ2) is 9.09. The van der Waals surface area contributed by atoms with Gasteiger partial charge in [0, 0.05) is 52.0 Å². The largest absolute Gasteiger partial charge is 0.334 e. The molecule has 1 aromatic carbocycles. The molecule has 1 unspecified atom stereocenters. The van der Waals surface area contributed by atoms with E-state index in [1.54, 1.807) is 12.5 Å². The summed E-state index contributed by atoms with van der Waals surface area (Å²) in [5.74, 6) is 0.822. The quantitative estimate of drug-likeness (QED) is 0.549. The number of hydrogen-bond acceptors (Lipinski definition) is 7. The minimum Gasteiger partial charge on any atom is -0.334 e. The highest BCUT2D eigenvalue weighted by molar-refractivity contribution is 7.88. The first-order valence-electron chi connectivity index (χ1n) is 11.0. The monoisotopic (exact) mass is 467 g/mol. The van der Waals surface area contributed by atoms with Gasteiger partial charge in [-0.2, -0.15) is 9.57 Å². The fraction of sp³-hybridized carbons (Fsp3) is 0.435. The molecule has 1 fully saturated rings. The number of imidazole rings is 1. The molecule has 4 rings (SSSR count). The molecule has 1 aliphatic heterocycles. The molecule has 3 aromatic rings. The fourth-order valence-corrected chi connectivity index (χ4v) is 5.20. The lowest BCUT2D eigenvalue weighted by Crippen LogP contribution is -2.49. The van der Waals surface area contributed by atoms with Crippen LogP contribution >= 0.6 is 0 Å². The molecule has 1 atom stereocenters. The van der Waals surface area contributed by atoms with Gasteiger partial charge in [-0.1, -0.05) is 19.1 Å². The van der Waals surface area contributed by atoms with Crippen molar-refractivity contribution < 1.29 is 8.42 Å². The van der Waals surface area contributed by atoms with Crippen molar-refractivity contribution >= 4 is 32.6 Å². The number of sulfonamides is 1. The molecule has 0 bridgehead atoms. The van der Waals surface area contributed by atoms with E-state index in [4.69, 9.17) is 0 Å².